The van der Waals surface area contributed by atoms with Crippen molar-refractivity contribution in [3.8, 4) is 11.5 Å². The summed E-state index contributed by atoms with van der Waals surface area (Å²) in [5, 5.41) is 2.42. The summed E-state index contributed by atoms with van der Waals surface area (Å²) in [6, 6.07) is 14.5. The molecule has 3 N–H and O–H groups in total. The van der Waals surface area contributed by atoms with Gasteiger partial charge in [0.05, 0.1) is 12.7 Å². The van der Waals surface area contributed by atoms with Crippen LogP contribution in [-0.2, 0) is 9.63 Å². The maximum atomic E-state index is 11.7. The van der Waals surface area contributed by atoms with E-state index in [1.54, 1.807) is 18.2 Å². The molecule has 2 rings (SSSR count). The van der Waals surface area contributed by atoms with Gasteiger partial charge in [-0.25, -0.2) is 4.79 Å². The van der Waals surface area contributed by atoms with Crippen LogP contribution in [0.2, 0.25) is 0 Å². The van der Waals surface area contributed by atoms with Crippen LogP contribution in [0.3, 0.4) is 0 Å². The molecule has 0 spiro atoms. The van der Waals surface area contributed by atoms with Crippen molar-refractivity contribution >= 4 is 11.8 Å². The van der Waals surface area contributed by atoms with Crippen LogP contribution in [0.25, 0.3) is 0 Å². The van der Waals surface area contributed by atoms with E-state index in [0.29, 0.717) is 11.5 Å². The second-order valence-corrected chi connectivity index (χ2v) is 4.80. The lowest BCUT2D eigenvalue weighted by atomic mass is 10.1. The van der Waals surface area contributed by atoms with Crippen molar-refractivity contribution in [1.29, 1.82) is 0 Å². The first kappa shape index (κ1) is 16.4. The number of nitrogens with two attached hydrogens (primary N) is 1. The summed E-state index contributed by atoms with van der Waals surface area (Å²) in [5.41, 5.74) is 7.66. The number of nitrogen functional groups attached to an aromatic ring is 1. The number of carbonyl (C=O) groups excluding carboxylic acids is 1. The molecule has 0 aromatic heterocycles. The van der Waals surface area contributed by atoms with Crippen molar-refractivity contribution in [2.75, 3.05) is 13.7 Å². The Balaban J connectivity index is 1.89. The number of amidine groups is 1. The molecule has 120 valence electrons. The van der Waals surface area contributed by atoms with Gasteiger partial charge in [0, 0.05) is 0 Å². The zero-order chi connectivity index (χ0) is 16.7. The summed E-state index contributed by atoms with van der Waals surface area (Å²) in [6.45, 7) is 1.71. The van der Waals surface area contributed by atoms with E-state index >= 15 is 0 Å². The van der Waals surface area contributed by atoms with Crippen molar-refractivity contribution in [1.82, 2.24) is 0 Å². The number of nitrogens with one attached hydrogen (secondary N) is 1. The van der Waals surface area contributed by atoms with E-state index in [2.05, 4.69) is 5.16 Å². The average molecular weight is 315 g/mol. The number of benzene rings is 2. The lowest BCUT2D eigenvalue weighted by molar-refractivity contribution is -0.724. The molecule has 23 heavy (non-hydrogen) atoms. The third-order valence-corrected chi connectivity index (χ3v) is 3.05. The van der Waals surface area contributed by atoms with E-state index in [9.17, 15) is 4.79 Å². The van der Waals surface area contributed by atoms with Gasteiger partial charge >= 0.3 is 11.8 Å². The zero-order valence-corrected chi connectivity index (χ0v) is 13.0. The molecule has 0 aliphatic heterocycles. The van der Waals surface area contributed by atoms with Crippen molar-refractivity contribution in [3.63, 3.8) is 0 Å². The number of methoxy groups -OCH3 is 1. The SMILES string of the molecule is COc1ccccc1OCC(=O)O[NH+]=C(N)c1ccc(C)cc1. The van der Waals surface area contributed by atoms with Gasteiger partial charge in [0.1, 0.15) is 0 Å². The number of rotatable bonds is 6. The van der Waals surface area contributed by atoms with Crippen LogP contribution < -0.4 is 20.4 Å². The van der Waals surface area contributed by atoms with Crippen LogP contribution in [0, 0.1) is 6.92 Å². The van der Waals surface area contributed by atoms with E-state index in [1.807, 2.05) is 37.3 Å². The van der Waals surface area contributed by atoms with Crippen molar-refractivity contribution < 1.29 is 24.3 Å². The molecule has 6 heteroatoms. The van der Waals surface area contributed by atoms with Crippen LogP contribution in [0.4, 0.5) is 0 Å². The van der Waals surface area contributed by atoms with E-state index < -0.39 is 5.97 Å². The molecule has 0 fully saturated rings. The molecule has 0 amide bonds. The molecule has 0 aliphatic carbocycles. The van der Waals surface area contributed by atoms with Crippen molar-refractivity contribution in [2.45, 2.75) is 6.92 Å². The summed E-state index contributed by atoms with van der Waals surface area (Å²) in [4.78, 5) is 16.6. The van der Waals surface area contributed by atoms with Crippen molar-refractivity contribution in [3.05, 3.63) is 59.7 Å². The molecule has 0 aliphatic rings. The topological polar surface area (TPSA) is 84.8 Å². The predicted octanol–water partition coefficient (Wildman–Crippen LogP) is 0.327. The monoisotopic (exact) mass is 315 g/mol. The normalized spacial score (nSPS) is 11.0. The van der Waals surface area contributed by atoms with Crippen LogP contribution in [0.5, 0.6) is 11.5 Å². The number of hydrogen-bond donors (Lipinski definition) is 2. The molecule has 2 aromatic rings. The summed E-state index contributed by atoms with van der Waals surface area (Å²) < 4.78 is 10.5. The highest BCUT2D eigenvalue weighted by Crippen LogP contribution is 2.25. The Labute approximate surface area is 134 Å². The molecule has 0 heterocycles. The fourth-order valence-electron chi connectivity index (χ4n) is 1.81. The smallest absolute Gasteiger partial charge is 0.394 e. The lowest BCUT2D eigenvalue weighted by Crippen LogP contribution is -2.76. The van der Waals surface area contributed by atoms with Crippen LogP contribution in [0.1, 0.15) is 11.1 Å². The van der Waals surface area contributed by atoms with E-state index in [1.165, 1.54) is 7.11 Å². The molecule has 0 atom stereocenters. The number of ether oxygens (including phenoxy) is 2. The summed E-state index contributed by atoms with van der Waals surface area (Å²) in [7, 11) is 1.53. The highest BCUT2D eigenvalue weighted by Gasteiger charge is 2.10. The minimum Gasteiger partial charge on any atom is -0.493 e. The lowest BCUT2D eigenvalue weighted by Gasteiger charge is -2.08. The summed E-state index contributed by atoms with van der Waals surface area (Å²) in [5.74, 6) is 0.642. The highest BCUT2D eigenvalue weighted by atomic mass is 16.7. The molecular formula is C17H19N2O4+. The Morgan fingerprint density at radius 3 is 2.39 bits per heavy atom. The quantitative estimate of drug-likeness (QED) is 0.347. The molecule has 2 aromatic carbocycles. The van der Waals surface area contributed by atoms with Gasteiger partial charge in [0.15, 0.2) is 18.1 Å². The standard InChI is InChI=1S/C17H18N2O4/c1-12-7-9-13(10-8-12)17(18)19-23-16(20)11-22-15-6-4-3-5-14(15)21-2/h3-10H,11H2,1-2H3,(H2,18,19)/p+1. The summed E-state index contributed by atoms with van der Waals surface area (Å²) >= 11 is 0. The second-order valence-electron chi connectivity index (χ2n) is 4.80. The number of carbonyl (C=O) groups is 1. The number of hydrogen-bond acceptors (Lipinski definition) is 4. The highest BCUT2D eigenvalue weighted by molar-refractivity contribution is 5.92. The van der Waals surface area contributed by atoms with E-state index in [-0.39, 0.29) is 12.4 Å². The third-order valence-electron chi connectivity index (χ3n) is 3.05. The first-order valence-electron chi connectivity index (χ1n) is 7.01. The largest absolute Gasteiger partial charge is 0.493 e. The van der Waals surface area contributed by atoms with Gasteiger partial charge in [-0.15, -0.1) is 0 Å². The fraction of sp³-hybridized carbons (Fsp3) is 0.176. The van der Waals surface area contributed by atoms with Gasteiger partial charge in [-0.2, -0.15) is 0 Å². The number of para-hydroxylation sites is 2. The molecular weight excluding hydrogens is 296 g/mol. The molecule has 0 saturated carbocycles. The Morgan fingerprint density at radius 2 is 1.74 bits per heavy atom. The maximum Gasteiger partial charge on any atom is 0.394 e. The fourth-order valence-corrected chi connectivity index (χ4v) is 1.81. The first-order chi connectivity index (χ1) is 11.1. The van der Waals surface area contributed by atoms with Gasteiger partial charge in [-0.05, 0) is 31.2 Å². The minimum atomic E-state index is -0.606. The molecule has 0 radical (unpaired) electrons. The molecule has 0 unspecified atom stereocenters. The average Bonchev–Trinajstić information content (AvgIpc) is 2.58. The van der Waals surface area contributed by atoms with Gasteiger partial charge < -0.3 is 9.47 Å². The zero-order valence-electron chi connectivity index (χ0n) is 13.0. The molecule has 6 nitrogen and oxygen atoms in total. The Kier molecular flexibility index (Phi) is 5.57. The third kappa shape index (κ3) is 4.74. The van der Waals surface area contributed by atoms with E-state index in [4.69, 9.17) is 20.0 Å². The van der Waals surface area contributed by atoms with E-state index in [0.717, 1.165) is 11.1 Å². The Morgan fingerprint density at radius 1 is 1.09 bits per heavy atom. The Hall–Kier alpha value is -3.02. The van der Waals surface area contributed by atoms with Gasteiger partial charge in [-0.3, -0.25) is 10.6 Å². The summed E-state index contributed by atoms with van der Waals surface area (Å²) in [6.07, 6.45) is 0. The molecule has 0 saturated heterocycles. The van der Waals surface area contributed by atoms with Crippen molar-refractivity contribution in [2.24, 2.45) is 5.73 Å². The van der Waals surface area contributed by atoms with Crippen LogP contribution in [0.15, 0.2) is 48.5 Å². The molecule has 0 bridgehead atoms. The predicted molar refractivity (Wildman–Crippen MR) is 85.0 cm³/mol. The van der Waals surface area contributed by atoms with Crippen LogP contribution in [-0.4, -0.2) is 25.5 Å². The number of aryl methyl sites for hydroxylation is 1. The van der Waals surface area contributed by atoms with Gasteiger partial charge in [0.2, 0.25) is 0 Å². The first-order valence-corrected chi connectivity index (χ1v) is 7.01. The Bertz CT molecular complexity index is 696. The van der Waals surface area contributed by atoms with Gasteiger partial charge in [-0.1, -0.05) is 35.0 Å². The maximum absolute atomic E-state index is 11.7. The van der Waals surface area contributed by atoms with Gasteiger partial charge in [0.25, 0.3) is 0 Å². The minimum absolute atomic E-state index is 0.246. The van der Waals surface area contributed by atoms with Crippen LogP contribution >= 0.6 is 0 Å². The second kappa shape index (κ2) is 7.84.